The molecule has 3 heterocycles. The first-order valence-electron chi connectivity index (χ1n) is 9.49. The zero-order valence-corrected chi connectivity index (χ0v) is 16.6. The Bertz CT molecular complexity index is 802. The highest BCUT2D eigenvalue weighted by Crippen LogP contribution is 2.40. The van der Waals surface area contributed by atoms with Crippen LogP contribution in [0, 0.1) is 0 Å². The average molecular weight is 405 g/mol. The Morgan fingerprint density at radius 2 is 1.93 bits per heavy atom. The van der Waals surface area contributed by atoms with Gasteiger partial charge in [0.2, 0.25) is 6.79 Å². The third-order valence-corrected chi connectivity index (χ3v) is 6.63. The van der Waals surface area contributed by atoms with E-state index >= 15 is 0 Å². The van der Waals surface area contributed by atoms with Gasteiger partial charge in [-0.2, -0.15) is 11.8 Å². The summed E-state index contributed by atoms with van der Waals surface area (Å²) in [4.78, 5) is 41.5. The van der Waals surface area contributed by atoms with Crippen molar-refractivity contribution < 1.29 is 23.9 Å². The maximum atomic E-state index is 12.9. The molecule has 2 fully saturated rings. The lowest BCUT2D eigenvalue weighted by atomic mass is 10.1. The SMILES string of the molecule is CCN1CCN(C(=O)N2CCSC(c3ccc4c(c3)OCO4)CC2)C(=O)C1=O. The molecule has 0 N–H and O–H groups in total. The van der Waals surface area contributed by atoms with E-state index in [9.17, 15) is 14.4 Å². The first-order chi connectivity index (χ1) is 13.6. The van der Waals surface area contributed by atoms with E-state index in [4.69, 9.17) is 9.47 Å². The third-order valence-electron chi connectivity index (χ3n) is 5.30. The molecule has 0 aliphatic carbocycles. The Morgan fingerprint density at radius 1 is 1.11 bits per heavy atom. The zero-order chi connectivity index (χ0) is 19.7. The number of amides is 4. The quantitative estimate of drug-likeness (QED) is 0.697. The van der Waals surface area contributed by atoms with Crippen LogP contribution >= 0.6 is 11.8 Å². The van der Waals surface area contributed by atoms with Crippen molar-refractivity contribution in [2.24, 2.45) is 0 Å². The molecule has 0 radical (unpaired) electrons. The summed E-state index contributed by atoms with van der Waals surface area (Å²) in [7, 11) is 0. The predicted octanol–water partition coefficient (Wildman–Crippen LogP) is 1.71. The number of imide groups is 1. The van der Waals surface area contributed by atoms with Crippen molar-refractivity contribution in [3.63, 3.8) is 0 Å². The van der Waals surface area contributed by atoms with Crippen molar-refractivity contribution in [3.8, 4) is 11.5 Å². The summed E-state index contributed by atoms with van der Waals surface area (Å²) in [6.07, 6.45) is 0.771. The van der Waals surface area contributed by atoms with E-state index in [2.05, 4.69) is 0 Å². The van der Waals surface area contributed by atoms with Gasteiger partial charge in [0.1, 0.15) is 0 Å². The highest BCUT2D eigenvalue weighted by molar-refractivity contribution is 7.99. The number of fused-ring (bicyclic) bond motifs is 1. The van der Waals surface area contributed by atoms with Crippen molar-refractivity contribution in [1.82, 2.24) is 14.7 Å². The molecule has 4 rings (SSSR count). The summed E-state index contributed by atoms with van der Waals surface area (Å²) in [5.74, 6) is 0.968. The number of hydrogen-bond donors (Lipinski definition) is 0. The van der Waals surface area contributed by atoms with E-state index < -0.39 is 11.8 Å². The molecule has 1 aromatic rings. The predicted molar refractivity (Wildman–Crippen MR) is 103 cm³/mol. The van der Waals surface area contributed by atoms with Crippen LogP contribution in [0.1, 0.15) is 24.2 Å². The van der Waals surface area contributed by atoms with Gasteiger partial charge in [-0.25, -0.2) is 4.79 Å². The topological polar surface area (TPSA) is 79.4 Å². The number of ether oxygens (including phenoxy) is 2. The van der Waals surface area contributed by atoms with Gasteiger partial charge in [-0.15, -0.1) is 0 Å². The van der Waals surface area contributed by atoms with E-state index in [0.29, 0.717) is 26.2 Å². The van der Waals surface area contributed by atoms with Crippen molar-refractivity contribution in [2.45, 2.75) is 18.6 Å². The number of urea groups is 1. The Labute approximate surface area is 167 Å². The van der Waals surface area contributed by atoms with Crippen molar-refractivity contribution >= 4 is 29.6 Å². The fourth-order valence-corrected chi connectivity index (χ4v) is 4.89. The molecule has 3 aliphatic rings. The Kier molecular flexibility index (Phi) is 5.34. The second-order valence-electron chi connectivity index (χ2n) is 6.87. The number of benzene rings is 1. The van der Waals surface area contributed by atoms with E-state index in [1.165, 1.54) is 4.90 Å². The second-order valence-corrected chi connectivity index (χ2v) is 8.18. The van der Waals surface area contributed by atoms with Gasteiger partial charge in [0, 0.05) is 43.7 Å². The Hall–Kier alpha value is -2.42. The summed E-state index contributed by atoms with van der Waals surface area (Å²) < 4.78 is 10.8. The number of rotatable bonds is 2. The lowest BCUT2D eigenvalue weighted by molar-refractivity contribution is -0.153. The number of nitrogens with zero attached hydrogens (tertiary/aromatic N) is 3. The van der Waals surface area contributed by atoms with Gasteiger partial charge in [0.25, 0.3) is 0 Å². The molecule has 8 nitrogen and oxygen atoms in total. The number of carbonyl (C=O) groups is 3. The van der Waals surface area contributed by atoms with Crippen LogP contribution in [-0.2, 0) is 9.59 Å². The molecule has 3 aliphatic heterocycles. The summed E-state index contributed by atoms with van der Waals surface area (Å²) in [6.45, 7) is 4.30. The number of carbonyl (C=O) groups excluding carboxylic acids is 3. The minimum Gasteiger partial charge on any atom is -0.454 e. The maximum Gasteiger partial charge on any atom is 0.327 e. The summed E-state index contributed by atoms with van der Waals surface area (Å²) in [5, 5.41) is 0.238. The van der Waals surface area contributed by atoms with Crippen LogP contribution in [0.2, 0.25) is 0 Å². The first kappa shape index (κ1) is 18.9. The molecule has 9 heteroatoms. The third kappa shape index (κ3) is 3.50. The Morgan fingerprint density at radius 3 is 2.75 bits per heavy atom. The zero-order valence-electron chi connectivity index (χ0n) is 15.8. The molecule has 28 heavy (non-hydrogen) atoms. The van der Waals surface area contributed by atoms with Gasteiger partial charge in [0.15, 0.2) is 11.5 Å². The summed E-state index contributed by atoms with van der Waals surface area (Å²) in [5.41, 5.74) is 1.14. The highest BCUT2D eigenvalue weighted by atomic mass is 32.2. The first-order valence-corrected chi connectivity index (χ1v) is 10.5. The van der Waals surface area contributed by atoms with Crippen LogP contribution in [-0.4, -0.2) is 77.8 Å². The average Bonchev–Trinajstić information content (AvgIpc) is 3.04. The van der Waals surface area contributed by atoms with Crippen LogP contribution in [0.3, 0.4) is 0 Å². The molecule has 0 aromatic heterocycles. The van der Waals surface area contributed by atoms with E-state index in [1.807, 2.05) is 25.1 Å². The van der Waals surface area contributed by atoms with Crippen molar-refractivity contribution in [1.29, 1.82) is 0 Å². The van der Waals surface area contributed by atoms with E-state index in [1.54, 1.807) is 16.7 Å². The van der Waals surface area contributed by atoms with E-state index in [0.717, 1.165) is 34.1 Å². The van der Waals surface area contributed by atoms with Gasteiger partial charge in [0.05, 0.1) is 0 Å². The van der Waals surface area contributed by atoms with Crippen LogP contribution in [0.15, 0.2) is 18.2 Å². The minimum atomic E-state index is -0.720. The molecular weight excluding hydrogens is 382 g/mol. The van der Waals surface area contributed by atoms with Crippen LogP contribution in [0.25, 0.3) is 0 Å². The van der Waals surface area contributed by atoms with Crippen molar-refractivity contribution in [3.05, 3.63) is 23.8 Å². The smallest absolute Gasteiger partial charge is 0.327 e. The highest BCUT2D eigenvalue weighted by Gasteiger charge is 2.37. The molecule has 1 atom stereocenters. The number of likely N-dealkylation sites (N-methyl/N-ethyl adjacent to an activating group) is 1. The summed E-state index contributed by atoms with van der Waals surface area (Å²) >= 11 is 1.79. The summed E-state index contributed by atoms with van der Waals surface area (Å²) in [6, 6.07) is 5.60. The fraction of sp³-hybridized carbons (Fsp3) is 0.526. The van der Waals surface area contributed by atoms with E-state index in [-0.39, 0.29) is 24.6 Å². The molecule has 1 aromatic carbocycles. The maximum absolute atomic E-state index is 12.9. The molecule has 0 bridgehead atoms. The second kappa shape index (κ2) is 7.90. The van der Waals surface area contributed by atoms with Crippen LogP contribution in [0.4, 0.5) is 4.79 Å². The van der Waals surface area contributed by atoms with Gasteiger partial charge in [-0.1, -0.05) is 6.07 Å². The van der Waals surface area contributed by atoms with Gasteiger partial charge in [-0.05, 0) is 31.0 Å². The van der Waals surface area contributed by atoms with Gasteiger partial charge < -0.3 is 19.3 Å². The monoisotopic (exact) mass is 405 g/mol. The number of piperazine rings is 1. The number of thioether (sulfide) groups is 1. The minimum absolute atomic E-state index is 0.238. The van der Waals surface area contributed by atoms with Crippen LogP contribution < -0.4 is 9.47 Å². The fourth-order valence-electron chi connectivity index (χ4n) is 3.67. The molecule has 150 valence electrons. The largest absolute Gasteiger partial charge is 0.454 e. The van der Waals surface area contributed by atoms with Crippen molar-refractivity contribution in [2.75, 3.05) is 45.3 Å². The molecule has 4 amide bonds. The molecule has 0 saturated carbocycles. The van der Waals surface area contributed by atoms with Gasteiger partial charge in [-0.3, -0.25) is 14.5 Å². The lowest BCUT2D eigenvalue weighted by Crippen LogP contribution is -2.58. The molecular formula is C19H23N3O5S. The molecule has 0 spiro atoms. The Balaban J connectivity index is 1.40. The number of hydrogen-bond acceptors (Lipinski definition) is 6. The standard InChI is InChI=1S/C19H23N3O5S/c1-2-20-7-8-22(18(24)17(20)23)19(25)21-6-5-16(28-10-9-21)13-3-4-14-15(11-13)27-12-26-14/h3-4,11,16H,2,5-10,12H2,1H3. The van der Waals surface area contributed by atoms with Crippen LogP contribution in [0.5, 0.6) is 11.5 Å². The lowest BCUT2D eigenvalue weighted by Gasteiger charge is -2.34. The molecule has 1 unspecified atom stereocenters. The normalized spacial score (nSPS) is 22.5. The molecule has 2 saturated heterocycles. The van der Waals surface area contributed by atoms with Gasteiger partial charge >= 0.3 is 17.8 Å².